The van der Waals surface area contributed by atoms with Crippen molar-refractivity contribution in [3.05, 3.63) is 48.3 Å². The molecule has 1 saturated heterocycles. The summed E-state index contributed by atoms with van der Waals surface area (Å²) in [6.45, 7) is 8.58. The van der Waals surface area contributed by atoms with Crippen LogP contribution in [0.3, 0.4) is 0 Å². The lowest BCUT2D eigenvalue weighted by molar-refractivity contribution is -0.135. The number of rotatable bonds is 5. The van der Waals surface area contributed by atoms with Crippen LogP contribution in [-0.2, 0) is 16.0 Å². The first-order valence-corrected chi connectivity index (χ1v) is 9.95. The van der Waals surface area contributed by atoms with Gasteiger partial charge in [-0.3, -0.25) is 14.6 Å². The number of amides is 2. The zero-order valence-electron chi connectivity index (χ0n) is 16.9. The standard InChI is InChI=1S/C21H29N5O2/c1-16(2)20-23-9-12-26(20)17(3)21(28)25-11-4-10-24(13-14-25)19(27)15-18-5-7-22-8-6-18/h5-9,12,16-17H,4,10-11,13-15H2,1-3H3. The summed E-state index contributed by atoms with van der Waals surface area (Å²) in [7, 11) is 0. The van der Waals surface area contributed by atoms with Crippen LogP contribution in [0, 0.1) is 0 Å². The fourth-order valence-electron chi connectivity index (χ4n) is 3.66. The molecule has 0 bridgehead atoms. The molecule has 3 heterocycles. The summed E-state index contributed by atoms with van der Waals surface area (Å²) < 4.78 is 1.96. The first-order valence-electron chi connectivity index (χ1n) is 9.95. The lowest BCUT2D eigenvalue weighted by atomic mass is 10.2. The van der Waals surface area contributed by atoms with Gasteiger partial charge in [0.2, 0.25) is 11.8 Å². The molecule has 1 aliphatic heterocycles. The van der Waals surface area contributed by atoms with Gasteiger partial charge < -0.3 is 14.4 Å². The Morgan fingerprint density at radius 2 is 1.68 bits per heavy atom. The number of carbonyl (C=O) groups is 2. The van der Waals surface area contributed by atoms with Gasteiger partial charge in [0.25, 0.3) is 0 Å². The highest BCUT2D eigenvalue weighted by molar-refractivity contribution is 5.81. The van der Waals surface area contributed by atoms with Crippen LogP contribution in [0.25, 0.3) is 0 Å². The second-order valence-electron chi connectivity index (χ2n) is 7.62. The summed E-state index contributed by atoms with van der Waals surface area (Å²) in [6, 6.07) is 3.44. The molecule has 0 saturated carbocycles. The molecule has 2 aromatic rings. The summed E-state index contributed by atoms with van der Waals surface area (Å²) in [5, 5.41) is 0. The number of carbonyl (C=O) groups excluding carboxylic acids is 2. The van der Waals surface area contributed by atoms with Crippen molar-refractivity contribution in [3.8, 4) is 0 Å². The van der Waals surface area contributed by atoms with E-state index in [0.717, 1.165) is 17.8 Å². The maximum absolute atomic E-state index is 13.1. The molecule has 1 aliphatic rings. The van der Waals surface area contributed by atoms with Gasteiger partial charge in [0.05, 0.1) is 6.42 Å². The molecule has 7 heteroatoms. The molecule has 28 heavy (non-hydrogen) atoms. The molecule has 1 fully saturated rings. The van der Waals surface area contributed by atoms with Crippen LogP contribution in [0.15, 0.2) is 36.9 Å². The summed E-state index contributed by atoms with van der Waals surface area (Å²) in [4.78, 5) is 37.8. The highest BCUT2D eigenvalue weighted by Crippen LogP contribution is 2.20. The third kappa shape index (κ3) is 4.58. The molecule has 7 nitrogen and oxygen atoms in total. The molecule has 0 N–H and O–H groups in total. The van der Waals surface area contributed by atoms with Gasteiger partial charge in [0.1, 0.15) is 11.9 Å². The average molecular weight is 383 g/mol. The van der Waals surface area contributed by atoms with Crippen LogP contribution in [0.1, 0.15) is 50.5 Å². The minimum Gasteiger partial charge on any atom is -0.341 e. The van der Waals surface area contributed by atoms with Crippen LogP contribution in [0.4, 0.5) is 0 Å². The van der Waals surface area contributed by atoms with E-state index in [9.17, 15) is 9.59 Å². The monoisotopic (exact) mass is 383 g/mol. The van der Waals surface area contributed by atoms with Crippen LogP contribution < -0.4 is 0 Å². The largest absolute Gasteiger partial charge is 0.341 e. The second-order valence-corrected chi connectivity index (χ2v) is 7.62. The molecule has 0 radical (unpaired) electrons. The van der Waals surface area contributed by atoms with Crippen LogP contribution >= 0.6 is 0 Å². The van der Waals surface area contributed by atoms with Crippen molar-refractivity contribution >= 4 is 11.8 Å². The minimum atomic E-state index is -0.293. The normalized spacial score (nSPS) is 16.1. The highest BCUT2D eigenvalue weighted by Gasteiger charge is 2.27. The summed E-state index contributed by atoms with van der Waals surface area (Å²) in [5.41, 5.74) is 0.965. The van der Waals surface area contributed by atoms with Crippen molar-refractivity contribution in [2.24, 2.45) is 0 Å². The fourth-order valence-corrected chi connectivity index (χ4v) is 3.66. The number of hydrogen-bond acceptors (Lipinski definition) is 4. The Hall–Kier alpha value is -2.70. The van der Waals surface area contributed by atoms with E-state index in [0.29, 0.717) is 32.6 Å². The Balaban J connectivity index is 1.60. The minimum absolute atomic E-state index is 0.0864. The number of imidazole rings is 1. The van der Waals surface area contributed by atoms with Crippen LogP contribution in [0.5, 0.6) is 0 Å². The van der Waals surface area contributed by atoms with Crippen molar-refractivity contribution in [1.82, 2.24) is 24.3 Å². The van der Waals surface area contributed by atoms with E-state index < -0.39 is 0 Å². The second kappa shape index (κ2) is 8.99. The SMILES string of the molecule is CC(C)c1nccn1C(C)C(=O)N1CCCN(C(=O)Cc2ccncc2)CC1. The van der Waals surface area contributed by atoms with Crippen molar-refractivity contribution in [2.75, 3.05) is 26.2 Å². The number of nitrogens with zero attached hydrogens (tertiary/aromatic N) is 5. The van der Waals surface area contributed by atoms with E-state index in [-0.39, 0.29) is 23.8 Å². The first kappa shape index (κ1) is 20.0. The summed E-state index contributed by atoms with van der Waals surface area (Å²) in [5.74, 6) is 1.37. The van der Waals surface area contributed by atoms with Gasteiger partial charge in [0, 0.05) is 56.9 Å². The Kier molecular flexibility index (Phi) is 6.44. The molecule has 0 aliphatic carbocycles. The Morgan fingerprint density at radius 1 is 1.00 bits per heavy atom. The van der Waals surface area contributed by atoms with Gasteiger partial charge in [-0.05, 0) is 31.0 Å². The topological polar surface area (TPSA) is 71.3 Å². The van der Waals surface area contributed by atoms with E-state index in [4.69, 9.17) is 0 Å². The lowest BCUT2D eigenvalue weighted by Crippen LogP contribution is -2.40. The van der Waals surface area contributed by atoms with Crippen molar-refractivity contribution in [1.29, 1.82) is 0 Å². The smallest absolute Gasteiger partial charge is 0.245 e. The molecule has 150 valence electrons. The van der Waals surface area contributed by atoms with Gasteiger partial charge >= 0.3 is 0 Å². The summed E-state index contributed by atoms with van der Waals surface area (Å²) in [6.07, 6.45) is 8.20. The van der Waals surface area contributed by atoms with Crippen LogP contribution in [-0.4, -0.2) is 62.3 Å². The zero-order chi connectivity index (χ0) is 20.1. The molecule has 0 aromatic carbocycles. The molecule has 1 atom stereocenters. The Morgan fingerprint density at radius 3 is 2.39 bits per heavy atom. The van der Waals surface area contributed by atoms with Gasteiger partial charge in [-0.2, -0.15) is 0 Å². The van der Waals surface area contributed by atoms with E-state index in [1.165, 1.54) is 0 Å². The highest BCUT2D eigenvalue weighted by atomic mass is 16.2. The Labute approximate surface area is 166 Å². The van der Waals surface area contributed by atoms with Gasteiger partial charge in [0.15, 0.2) is 0 Å². The Bertz CT molecular complexity index is 802. The van der Waals surface area contributed by atoms with Gasteiger partial charge in [-0.15, -0.1) is 0 Å². The maximum atomic E-state index is 13.1. The van der Waals surface area contributed by atoms with Crippen molar-refractivity contribution < 1.29 is 9.59 Å². The maximum Gasteiger partial charge on any atom is 0.245 e. The van der Waals surface area contributed by atoms with Gasteiger partial charge in [-0.25, -0.2) is 4.98 Å². The molecule has 2 amide bonds. The molecular weight excluding hydrogens is 354 g/mol. The quantitative estimate of drug-likeness (QED) is 0.794. The molecular formula is C21H29N5O2. The number of aromatic nitrogens is 3. The number of hydrogen-bond donors (Lipinski definition) is 0. The average Bonchev–Trinajstić information content (AvgIpc) is 3.05. The van der Waals surface area contributed by atoms with Crippen LogP contribution in [0.2, 0.25) is 0 Å². The van der Waals surface area contributed by atoms with E-state index in [1.807, 2.05) is 39.6 Å². The third-order valence-electron chi connectivity index (χ3n) is 5.25. The summed E-state index contributed by atoms with van der Waals surface area (Å²) >= 11 is 0. The fraction of sp³-hybridized carbons (Fsp3) is 0.524. The van der Waals surface area contributed by atoms with E-state index in [1.54, 1.807) is 18.6 Å². The predicted octanol–water partition coefficient (Wildman–Crippen LogP) is 2.27. The lowest BCUT2D eigenvalue weighted by Gasteiger charge is -2.26. The van der Waals surface area contributed by atoms with E-state index >= 15 is 0 Å². The first-order chi connectivity index (χ1) is 13.5. The molecule has 1 unspecified atom stereocenters. The zero-order valence-corrected chi connectivity index (χ0v) is 16.9. The van der Waals surface area contributed by atoms with Crippen molar-refractivity contribution in [3.63, 3.8) is 0 Å². The van der Waals surface area contributed by atoms with E-state index in [2.05, 4.69) is 23.8 Å². The number of pyridine rings is 1. The molecule has 0 spiro atoms. The predicted molar refractivity (Wildman–Crippen MR) is 107 cm³/mol. The van der Waals surface area contributed by atoms with Crippen molar-refractivity contribution in [2.45, 2.75) is 45.6 Å². The molecule has 3 rings (SSSR count). The molecule has 2 aromatic heterocycles. The van der Waals surface area contributed by atoms with Gasteiger partial charge in [-0.1, -0.05) is 13.8 Å². The third-order valence-corrected chi connectivity index (χ3v) is 5.25.